The number of nitrogens with one attached hydrogen (secondary N) is 1. The second kappa shape index (κ2) is 10.1. The Hall–Kier alpha value is -1.56. The molecule has 0 aliphatic heterocycles. The van der Waals surface area contributed by atoms with E-state index in [1.165, 1.54) is 19.3 Å². The minimum atomic E-state index is -4.82. The van der Waals surface area contributed by atoms with Gasteiger partial charge in [-0.15, -0.1) is 0 Å². The van der Waals surface area contributed by atoms with E-state index in [4.69, 9.17) is 0 Å². The number of benzene rings is 1. The molecule has 1 aromatic carbocycles. The Morgan fingerprint density at radius 1 is 1.04 bits per heavy atom. The molecule has 0 spiro atoms. The summed E-state index contributed by atoms with van der Waals surface area (Å²) in [5.41, 5.74) is 1.61. The van der Waals surface area contributed by atoms with Crippen molar-refractivity contribution >= 4 is 5.91 Å². The molecule has 152 valence electrons. The molecule has 27 heavy (non-hydrogen) atoms. The van der Waals surface area contributed by atoms with Gasteiger partial charge in [-0.1, -0.05) is 56.4 Å². The van der Waals surface area contributed by atoms with E-state index >= 15 is 0 Å². The van der Waals surface area contributed by atoms with Crippen LogP contribution >= 0.6 is 0 Å². The molecule has 0 unspecified atom stereocenters. The highest BCUT2D eigenvalue weighted by atomic mass is 19.4. The van der Waals surface area contributed by atoms with Crippen molar-refractivity contribution in [3.05, 3.63) is 35.4 Å². The van der Waals surface area contributed by atoms with Crippen LogP contribution in [0.5, 0.6) is 0 Å². The summed E-state index contributed by atoms with van der Waals surface area (Å²) in [6.45, 7) is 0.00230. The summed E-state index contributed by atoms with van der Waals surface area (Å²) in [6, 6.07) is 7.97. The largest absolute Gasteiger partial charge is 0.471 e. The van der Waals surface area contributed by atoms with E-state index in [1.54, 1.807) is 0 Å². The molecule has 0 saturated heterocycles. The third kappa shape index (κ3) is 7.91. The van der Waals surface area contributed by atoms with Gasteiger partial charge in [-0.05, 0) is 49.7 Å². The fourth-order valence-corrected chi connectivity index (χ4v) is 3.73. The van der Waals surface area contributed by atoms with Crippen LogP contribution in [-0.4, -0.2) is 29.3 Å². The topological polar surface area (TPSA) is 49.3 Å². The molecule has 2 N–H and O–H groups in total. The van der Waals surface area contributed by atoms with Gasteiger partial charge in [-0.3, -0.25) is 4.79 Å². The summed E-state index contributed by atoms with van der Waals surface area (Å²) in [4.78, 5) is 10.8. The number of aryl methyl sites for hydroxylation is 2. The van der Waals surface area contributed by atoms with Crippen LogP contribution in [-0.2, 0) is 17.6 Å². The molecule has 1 saturated carbocycles. The minimum absolute atomic E-state index is 0.00230. The highest BCUT2D eigenvalue weighted by Gasteiger charge is 2.38. The number of halogens is 3. The van der Waals surface area contributed by atoms with Crippen molar-refractivity contribution in [2.45, 2.75) is 82.4 Å². The quantitative estimate of drug-likeness (QED) is 0.668. The van der Waals surface area contributed by atoms with E-state index in [2.05, 4.69) is 6.07 Å². The van der Waals surface area contributed by atoms with Crippen LogP contribution in [0.1, 0.15) is 68.9 Å². The summed E-state index contributed by atoms with van der Waals surface area (Å²) >= 11 is 0. The van der Waals surface area contributed by atoms with E-state index in [0.29, 0.717) is 12.8 Å². The van der Waals surface area contributed by atoms with Crippen molar-refractivity contribution in [3.63, 3.8) is 0 Å². The number of amides is 1. The second-order valence-electron chi connectivity index (χ2n) is 7.67. The monoisotopic (exact) mass is 385 g/mol. The molecule has 6 heteroatoms. The van der Waals surface area contributed by atoms with Crippen molar-refractivity contribution < 1.29 is 23.1 Å². The van der Waals surface area contributed by atoms with Crippen LogP contribution < -0.4 is 5.32 Å². The second-order valence-corrected chi connectivity index (χ2v) is 7.67. The highest BCUT2D eigenvalue weighted by molar-refractivity contribution is 5.81. The van der Waals surface area contributed by atoms with E-state index in [9.17, 15) is 23.1 Å². The third-order valence-corrected chi connectivity index (χ3v) is 5.34. The maximum Gasteiger partial charge on any atom is 0.471 e. The Bertz CT molecular complexity index is 593. The van der Waals surface area contributed by atoms with Gasteiger partial charge < -0.3 is 10.4 Å². The molecule has 0 bridgehead atoms. The van der Waals surface area contributed by atoms with Crippen LogP contribution in [0, 0.1) is 0 Å². The van der Waals surface area contributed by atoms with Gasteiger partial charge in [0.25, 0.3) is 0 Å². The number of hydrogen-bond acceptors (Lipinski definition) is 2. The molecular formula is C21H30F3NO2. The molecule has 1 fully saturated rings. The van der Waals surface area contributed by atoms with E-state index in [0.717, 1.165) is 49.7 Å². The molecule has 0 radical (unpaired) electrons. The van der Waals surface area contributed by atoms with Crippen molar-refractivity contribution in [1.29, 1.82) is 0 Å². The average molecular weight is 385 g/mol. The van der Waals surface area contributed by atoms with Gasteiger partial charge in [0.15, 0.2) is 0 Å². The lowest BCUT2D eigenvalue weighted by molar-refractivity contribution is -0.173. The highest BCUT2D eigenvalue weighted by Crippen LogP contribution is 2.30. The number of hydrogen-bond donors (Lipinski definition) is 2. The number of carbonyl (C=O) groups excluding carboxylic acids is 1. The van der Waals surface area contributed by atoms with Gasteiger partial charge in [-0.25, -0.2) is 0 Å². The molecule has 1 aromatic rings. The summed E-state index contributed by atoms with van der Waals surface area (Å²) < 4.78 is 36.4. The third-order valence-electron chi connectivity index (χ3n) is 5.34. The first-order valence-electron chi connectivity index (χ1n) is 9.94. The standard InChI is InChI=1S/C21H30F3NO2/c22-21(23,24)19(26)25-15-7-10-17-8-6-9-18(16-17)11-14-20(27)12-4-2-1-3-5-13-20/h6,8-9,16,27H,1-5,7,10-15H2,(H,25,26). The molecule has 0 heterocycles. The Labute approximate surface area is 159 Å². The van der Waals surface area contributed by atoms with Gasteiger partial charge in [-0.2, -0.15) is 13.2 Å². The van der Waals surface area contributed by atoms with Gasteiger partial charge in [0.2, 0.25) is 0 Å². The zero-order valence-corrected chi connectivity index (χ0v) is 15.8. The summed E-state index contributed by atoms with van der Waals surface area (Å²) in [5, 5.41) is 12.8. The molecule has 1 aliphatic rings. The first-order valence-corrected chi connectivity index (χ1v) is 9.94. The maximum absolute atomic E-state index is 12.1. The number of rotatable bonds is 7. The Balaban J connectivity index is 1.78. The molecular weight excluding hydrogens is 355 g/mol. The van der Waals surface area contributed by atoms with Crippen molar-refractivity contribution in [3.8, 4) is 0 Å². The molecule has 1 aliphatic carbocycles. The zero-order valence-electron chi connectivity index (χ0n) is 15.8. The Morgan fingerprint density at radius 2 is 1.63 bits per heavy atom. The van der Waals surface area contributed by atoms with Crippen molar-refractivity contribution in [2.24, 2.45) is 0 Å². The Morgan fingerprint density at radius 3 is 2.26 bits per heavy atom. The smallest absolute Gasteiger partial charge is 0.390 e. The first-order chi connectivity index (χ1) is 12.8. The normalized spacial score (nSPS) is 17.8. The van der Waals surface area contributed by atoms with E-state index in [1.807, 2.05) is 23.5 Å². The van der Waals surface area contributed by atoms with Crippen LogP contribution in [0.15, 0.2) is 24.3 Å². The fraction of sp³-hybridized carbons (Fsp3) is 0.667. The lowest BCUT2D eigenvalue weighted by atomic mass is 9.83. The van der Waals surface area contributed by atoms with Crippen molar-refractivity contribution in [1.82, 2.24) is 5.32 Å². The van der Waals surface area contributed by atoms with Gasteiger partial charge in [0, 0.05) is 6.54 Å². The van der Waals surface area contributed by atoms with Crippen molar-refractivity contribution in [2.75, 3.05) is 6.54 Å². The minimum Gasteiger partial charge on any atom is -0.390 e. The fourth-order valence-electron chi connectivity index (χ4n) is 3.73. The predicted octanol–water partition coefficient (Wildman–Crippen LogP) is 4.71. The zero-order chi connectivity index (χ0) is 19.8. The van der Waals surface area contributed by atoms with Crippen LogP contribution in [0.4, 0.5) is 13.2 Å². The predicted molar refractivity (Wildman–Crippen MR) is 99.4 cm³/mol. The number of alkyl halides is 3. The van der Waals surface area contributed by atoms with E-state index in [-0.39, 0.29) is 6.54 Å². The van der Waals surface area contributed by atoms with Gasteiger partial charge in [0.1, 0.15) is 0 Å². The SMILES string of the molecule is O=C(NCCCc1cccc(CCC2(O)CCCCCCC2)c1)C(F)(F)F. The lowest BCUT2D eigenvalue weighted by Crippen LogP contribution is -2.37. The van der Waals surface area contributed by atoms with Gasteiger partial charge >= 0.3 is 12.1 Å². The molecule has 0 aromatic heterocycles. The number of carbonyl (C=O) groups is 1. The van der Waals surface area contributed by atoms with Crippen LogP contribution in [0.25, 0.3) is 0 Å². The summed E-state index contributed by atoms with van der Waals surface area (Å²) in [5.74, 6) is -1.89. The molecule has 1 amide bonds. The summed E-state index contributed by atoms with van der Waals surface area (Å²) in [6.07, 6.45) is 5.35. The first kappa shape index (κ1) is 21.7. The van der Waals surface area contributed by atoms with Crippen LogP contribution in [0.3, 0.4) is 0 Å². The number of aliphatic hydroxyl groups is 1. The molecule has 2 rings (SSSR count). The maximum atomic E-state index is 12.1. The van der Waals surface area contributed by atoms with E-state index < -0.39 is 17.7 Å². The lowest BCUT2D eigenvalue weighted by Gasteiger charge is -2.30. The Kier molecular flexibility index (Phi) is 8.14. The van der Waals surface area contributed by atoms with Crippen LogP contribution in [0.2, 0.25) is 0 Å². The molecule has 3 nitrogen and oxygen atoms in total. The van der Waals surface area contributed by atoms with Gasteiger partial charge in [0.05, 0.1) is 5.60 Å². The average Bonchev–Trinajstić information content (AvgIpc) is 2.60. The summed E-state index contributed by atoms with van der Waals surface area (Å²) in [7, 11) is 0. The molecule has 0 atom stereocenters.